The Morgan fingerprint density at radius 2 is 2.28 bits per heavy atom. The fraction of sp³-hybridized carbons (Fsp3) is 0.571. The second-order valence-corrected chi connectivity index (χ2v) is 5.00. The molecule has 1 atom stereocenters. The molecule has 1 aliphatic heterocycles. The number of pyridine rings is 1. The van der Waals surface area contributed by atoms with Crippen LogP contribution < -0.4 is 5.32 Å². The Hall–Kier alpha value is -1.58. The molecule has 0 bridgehead atoms. The minimum Gasteiger partial charge on any atom is -0.387 e. The van der Waals surface area contributed by atoms with Gasteiger partial charge in [-0.05, 0) is 31.2 Å². The molecule has 0 radical (unpaired) electrons. The summed E-state index contributed by atoms with van der Waals surface area (Å²) in [5, 5.41) is 3.05. The van der Waals surface area contributed by atoms with Crippen molar-refractivity contribution in [2.45, 2.75) is 26.2 Å². The van der Waals surface area contributed by atoms with Crippen LogP contribution in [0.15, 0.2) is 18.5 Å². The normalized spacial score (nSPS) is 20.3. The number of hydrogen-bond acceptors (Lipinski definition) is 3. The van der Waals surface area contributed by atoms with E-state index >= 15 is 0 Å². The molecule has 1 aromatic heterocycles. The molecule has 4 heteroatoms. The quantitative estimate of drug-likeness (QED) is 0.872. The van der Waals surface area contributed by atoms with Crippen molar-refractivity contribution >= 4 is 11.6 Å². The lowest BCUT2D eigenvalue weighted by Crippen LogP contribution is -2.32. The summed E-state index contributed by atoms with van der Waals surface area (Å²) in [4.78, 5) is 18.5. The second-order valence-electron chi connectivity index (χ2n) is 5.00. The number of carbonyl (C=O) groups is 1. The van der Waals surface area contributed by atoms with Gasteiger partial charge in [-0.15, -0.1) is 0 Å². The molecule has 1 unspecified atom stereocenters. The lowest BCUT2D eigenvalue weighted by atomic mass is 10.0. The van der Waals surface area contributed by atoms with Crippen molar-refractivity contribution in [3.05, 3.63) is 24.0 Å². The highest BCUT2D eigenvalue weighted by atomic mass is 16.2. The van der Waals surface area contributed by atoms with Crippen LogP contribution in [0.1, 0.15) is 36.5 Å². The first-order chi connectivity index (χ1) is 8.72. The van der Waals surface area contributed by atoms with E-state index in [4.69, 9.17) is 0 Å². The van der Waals surface area contributed by atoms with Gasteiger partial charge in [0.2, 0.25) is 0 Å². The third-order valence-corrected chi connectivity index (χ3v) is 3.62. The fourth-order valence-corrected chi connectivity index (χ4v) is 2.42. The summed E-state index contributed by atoms with van der Waals surface area (Å²) in [5.41, 5.74) is 1.53. The van der Waals surface area contributed by atoms with Gasteiger partial charge in [0.1, 0.15) is 0 Å². The van der Waals surface area contributed by atoms with E-state index in [-0.39, 0.29) is 5.91 Å². The summed E-state index contributed by atoms with van der Waals surface area (Å²) in [6.07, 6.45) is 6.77. The third-order valence-electron chi connectivity index (χ3n) is 3.62. The van der Waals surface area contributed by atoms with Crippen molar-refractivity contribution in [2.24, 2.45) is 5.92 Å². The molecule has 0 aromatic carbocycles. The monoisotopic (exact) mass is 247 g/mol. The summed E-state index contributed by atoms with van der Waals surface area (Å²) >= 11 is 0. The number of amides is 1. The van der Waals surface area contributed by atoms with Crippen LogP contribution in [-0.2, 0) is 0 Å². The number of nitrogens with zero attached hydrogens (tertiary/aromatic N) is 2. The van der Waals surface area contributed by atoms with Crippen molar-refractivity contribution < 1.29 is 4.79 Å². The molecule has 0 spiro atoms. The lowest BCUT2D eigenvalue weighted by Gasteiger charge is -2.21. The van der Waals surface area contributed by atoms with Crippen LogP contribution in [0.25, 0.3) is 0 Å². The standard InChI is InChI=1S/C14H21N3O/c1-11-4-3-8-17(9-6-11)14(18)12-10-16-7-5-13(12)15-2/h5,7,10-11H,3-4,6,8-9H2,1-2H3,(H,15,16). The third kappa shape index (κ3) is 2.81. The molecule has 18 heavy (non-hydrogen) atoms. The molecule has 1 saturated heterocycles. The van der Waals surface area contributed by atoms with Crippen molar-refractivity contribution in [2.75, 3.05) is 25.5 Å². The molecule has 0 saturated carbocycles. The van der Waals surface area contributed by atoms with Crippen LogP contribution in [-0.4, -0.2) is 35.9 Å². The summed E-state index contributed by atoms with van der Waals surface area (Å²) in [6, 6.07) is 1.84. The first-order valence-corrected chi connectivity index (χ1v) is 6.63. The van der Waals surface area contributed by atoms with Crippen LogP contribution in [0.2, 0.25) is 0 Å². The fourth-order valence-electron chi connectivity index (χ4n) is 2.42. The van der Waals surface area contributed by atoms with Crippen molar-refractivity contribution in [3.8, 4) is 0 Å². The highest BCUT2D eigenvalue weighted by Gasteiger charge is 2.21. The lowest BCUT2D eigenvalue weighted by molar-refractivity contribution is 0.0761. The SMILES string of the molecule is CNc1ccncc1C(=O)N1CCCC(C)CC1. The van der Waals surface area contributed by atoms with Crippen molar-refractivity contribution in [1.82, 2.24) is 9.88 Å². The number of hydrogen-bond donors (Lipinski definition) is 1. The van der Waals surface area contributed by atoms with Crippen molar-refractivity contribution in [3.63, 3.8) is 0 Å². The van der Waals surface area contributed by atoms with E-state index in [9.17, 15) is 4.79 Å². The van der Waals surface area contributed by atoms with Gasteiger partial charge in [-0.1, -0.05) is 6.92 Å². The predicted octanol–water partition coefficient (Wildman–Crippen LogP) is 2.39. The number of rotatable bonds is 2. The van der Waals surface area contributed by atoms with E-state index in [1.54, 1.807) is 12.4 Å². The van der Waals surface area contributed by atoms with Gasteiger partial charge in [0.25, 0.3) is 5.91 Å². The Morgan fingerprint density at radius 3 is 3.06 bits per heavy atom. The topological polar surface area (TPSA) is 45.2 Å². The molecular formula is C14H21N3O. The van der Waals surface area contributed by atoms with Gasteiger partial charge in [0.15, 0.2) is 0 Å². The molecule has 1 aliphatic rings. The van der Waals surface area contributed by atoms with Gasteiger partial charge in [-0.3, -0.25) is 9.78 Å². The zero-order valence-electron chi connectivity index (χ0n) is 11.1. The number of nitrogens with one attached hydrogen (secondary N) is 1. The van der Waals surface area contributed by atoms with Crippen LogP contribution in [0, 0.1) is 5.92 Å². The Morgan fingerprint density at radius 1 is 1.44 bits per heavy atom. The van der Waals surface area contributed by atoms with Gasteiger partial charge < -0.3 is 10.2 Å². The van der Waals surface area contributed by atoms with Crippen molar-refractivity contribution in [1.29, 1.82) is 0 Å². The van der Waals surface area contributed by atoms with Gasteiger partial charge >= 0.3 is 0 Å². The van der Waals surface area contributed by atoms with E-state index in [1.807, 2.05) is 18.0 Å². The Labute approximate surface area is 108 Å². The van der Waals surface area contributed by atoms with E-state index in [1.165, 1.54) is 6.42 Å². The highest BCUT2D eigenvalue weighted by Crippen LogP contribution is 2.20. The number of aromatic nitrogens is 1. The van der Waals surface area contributed by atoms with Gasteiger partial charge in [-0.25, -0.2) is 0 Å². The number of likely N-dealkylation sites (tertiary alicyclic amines) is 1. The summed E-state index contributed by atoms with van der Waals surface area (Å²) in [5.74, 6) is 0.821. The average Bonchev–Trinajstić information content (AvgIpc) is 2.62. The maximum Gasteiger partial charge on any atom is 0.257 e. The molecular weight excluding hydrogens is 226 g/mol. The molecule has 1 aromatic rings. The predicted molar refractivity (Wildman–Crippen MR) is 72.7 cm³/mol. The Kier molecular flexibility index (Phi) is 4.18. The molecule has 1 N–H and O–H groups in total. The zero-order valence-corrected chi connectivity index (χ0v) is 11.1. The smallest absolute Gasteiger partial charge is 0.257 e. The highest BCUT2D eigenvalue weighted by molar-refractivity contribution is 5.99. The number of carbonyl (C=O) groups excluding carboxylic acids is 1. The van der Waals surface area contributed by atoms with Crippen LogP contribution in [0.4, 0.5) is 5.69 Å². The van der Waals surface area contributed by atoms with Gasteiger partial charge in [0.05, 0.1) is 5.56 Å². The molecule has 98 valence electrons. The molecule has 4 nitrogen and oxygen atoms in total. The van der Waals surface area contributed by atoms with E-state index < -0.39 is 0 Å². The molecule has 2 rings (SSSR count). The summed E-state index contributed by atoms with van der Waals surface area (Å²) in [6.45, 7) is 3.98. The number of anilines is 1. The molecule has 1 amide bonds. The Balaban J connectivity index is 2.15. The maximum absolute atomic E-state index is 12.5. The van der Waals surface area contributed by atoms with Gasteiger partial charge in [-0.2, -0.15) is 0 Å². The molecule has 2 heterocycles. The average molecular weight is 247 g/mol. The van der Waals surface area contributed by atoms with Gasteiger partial charge in [0, 0.05) is 38.2 Å². The molecule has 1 fully saturated rings. The van der Waals surface area contributed by atoms with E-state index in [0.717, 1.165) is 37.5 Å². The minimum absolute atomic E-state index is 0.0987. The maximum atomic E-state index is 12.5. The van der Waals surface area contributed by atoms with E-state index in [0.29, 0.717) is 5.56 Å². The van der Waals surface area contributed by atoms with Crippen LogP contribution >= 0.6 is 0 Å². The summed E-state index contributed by atoms with van der Waals surface area (Å²) < 4.78 is 0. The summed E-state index contributed by atoms with van der Waals surface area (Å²) in [7, 11) is 1.83. The Bertz CT molecular complexity index is 419. The van der Waals surface area contributed by atoms with Crippen LogP contribution in [0.3, 0.4) is 0 Å². The zero-order chi connectivity index (χ0) is 13.0. The largest absolute Gasteiger partial charge is 0.387 e. The van der Waals surface area contributed by atoms with E-state index in [2.05, 4.69) is 17.2 Å². The molecule has 0 aliphatic carbocycles. The first-order valence-electron chi connectivity index (χ1n) is 6.63. The first kappa shape index (κ1) is 12.9. The second kappa shape index (κ2) is 5.85. The minimum atomic E-state index is 0.0987. The van der Waals surface area contributed by atoms with Crippen LogP contribution in [0.5, 0.6) is 0 Å².